The Morgan fingerprint density at radius 2 is 1.91 bits per heavy atom. The van der Waals surface area contributed by atoms with Crippen LogP contribution in [0.25, 0.3) is 0 Å². The number of non-ortho nitro benzene ring substituents is 1. The van der Waals surface area contributed by atoms with Gasteiger partial charge in [-0.2, -0.15) is 4.31 Å². The van der Waals surface area contributed by atoms with Crippen LogP contribution in [0.15, 0.2) is 46.1 Å². The second kappa shape index (κ2) is 10.9. The van der Waals surface area contributed by atoms with Crippen LogP contribution in [0.1, 0.15) is 65.9 Å². The number of unbranched alkanes of at least 4 members (excludes halogenated alkanes) is 1. The van der Waals surface area contributed by atoms with E-state index in [0.717, 1.165) is 6.42 Å². The Morgan fingerprint density at radius 3 is 2.45 bits per heavy atom. The van der Waals surface area contributed by atoms with Crippen molar-refractivity contribution >= 4 is 21.7 Å². The molecule has 0 fully saturated rings. The minimum Gasteiger partial charge on any atom is -0.460 e. The molecule has 1 aliphatic heterocycles. The molecule has 1 aliphatic rings. The van der Waals surface area contributed by atoms with Crippen LogP contribution >= 0.6 is 0 Å². The lowest BCUT2D eigenvalue weighted by atomic mass is 9.86. The number of benzene rings is 1. The number of rotatable bonds is 10. The van der Waals surface area contributed by atoms with Crippen LogP contribution in [0.3, 0.4) is 0 Å². The number of hydrogen-bond acceptors (Lipinski definition) is 7. The van der Waals surface area contributed by atoms with Gasteiger partial charge in [-0.15, -0.1) is 0 Å². The first-order valence-corrected chi connectivity index (χ1v) is 12.5. The molecule has 1 aromatic rings. The Labute approximate surface area is 195 Å². The van der Waals surface area contributed by atoms with E-state index in [1.807, 2.05) is 6.92 Å². The van der Waals surface area contributed by atoms with Crippen LogP contribution in [0.4, 0.5) is 5.69 Å². The maximum absolute atomic E-state index is 13.9. The molecule has 2 rings (SSSR count). The molecule has 0 bridgehead atoms. The first-order chi connectivity index (χ1) is 15.4. The molecule has 1 heterocycles. The second-order valence-corrected chi connectivity index (χ2v) is 10.1. The number of nitro groups is 1. The van der Waals surface area contributed by atoms with Crippen molar-refractivity contribution < 1.29 is 22.9 Å². The summed E-state index contributed by atoms with van der Waals surface area (Å²) in [6, 6.07) is 5.74. The first-order valence-electron chi connectivity index (χ1n) is 11.1. The second-order valence-electron chi connectivity index (χ2n) is 8.24. The van der Waals surface area contributed by atoms with Crippen LogP contribution in [-0.2, 0) is 19.6 Å². The van der Waals surface area contributed by atoms with Gasteiger partial charge in [0.15, 0.2) is 0 Å². The maximum atomic E-state index is 13.9. The SMILES string of the molecule is CCCCN(CC)S(=O)(=O)C1=C(C)NC(C)=C(C(=O)OC(C)C)C1c1cccc([N+](=O)[O-])c1. The zero-order valence-corrected chi connectivity index (χ0v) is 20.9. The summed E-state index contributed by atoms with van der Waals surface area (Å²) in [6.45, 7) is 11.0. The fourth-order valence-electron chi connectivity index (χ4n) is 3.92. The van der Waals surface area contributed by atoms with Gasteiger partial charge in [-0.3, -0.25) is 10.1 Å². The van der Waals surface area contributed by atoms with Crippen LogP contribution in [0, 0.1) is 10.1 Å². The van der Waals surface area contributed by atoms with Crippen molar-refractivity contribution in [1.82, 2.24) is 9.62 Å². The molecule has 0 spiro atoms. The normalized spacial score (nSPS) is 16.9. The summed E-state index contributed by atoms with van der Waals surface area (Å²) in [5.41, 5.74) is 1.10. The Bertz CT molecular complexity index is 1080. The Hall–Kier alpha value is -2.72. The summed E-state index contributed by atoms with van der Waals surface area (Å²) in [7, 11) is -4.01. The van der Waals surface area contributed by atoms with E-state index in [9.17, 15) is 23.3 Å². The fraction of sp³-hybridized carbons (Fsp3) is 0.522. The molecule has 0 amide bonds. The molecule has 9 nitrogen and oxygen atoms in total. The Morgan fingerprint density at radius 1 is 1.24 bits per heavy atom. The molecular weight excluding hydrogens is 446 g/mol. The van der Waals surface area contributed by atoms with Crippen molar-refractivity contribution in [3.05, 3.63) is 61.8 Å². The van der Waals surface area contributed by atoms with Gasteiger partial charge in [-0.05, 0) is 39.7 Å². The highest BCUT2D eigenvalue weighted by molar-refractivity contribution is 7.93. The molecule has 0 aromatic heterocycles. The minimum atomic E-state index is -4.01. The number of nitrogens with zero attached hydrogens (tertiary/aromatic N) is 2. The minimum absolute atomic E-state index is 0.00209. The van der Waals surface area contributed by atoms with E-state index in [0.29, 0.717) is 29.9 Å². The number of carbonyl (C=O) groups excluding carboxylic acids is 1. The molecule has 1 atom stereocenters. The van der Waals surface area contributed by atoms with Gasteiger partial charge in [0.2, 0.25) is 10.0 Å². The van der Waals surface area contributed by atoms with E-state index in [2.05, 4.69) is 5.32 Å². The van der Waals surface area contributed by atoms with Gasteiger partial charge in [0.05, 0.1) is 27.4 Å². The summed E-state index contributed by atoms with van der Waals surface area (Å²) in [4.78, 5) is 24.0. The van der Waals surface area contributed by atoms with Crippen molar-refractivity contribution in [2.75, 3.05) is 13.1 Å². The summed E-state index contributed by atoms with van der Waals surface area (Å²) in [5, 5.41) is 14.5. The number of carbonyl (C=O) groups is 1. The summed E-state index contributed by atoms with van der Waals surface area (Å²) in [6.07, 6.45) is 1.08. The number of dihydropyridines is 1. The van der Waals surface area contributed by atoms with E-state index < -0.39 is 32.9 Å². The predicted octanol–water partition coefficient (Wildman–Crippen LogP) is 4.19. The molecule has 33 heavy (non-hydrogen) atoms. The largest absolute Gasteiger partial charge is 0.460 e. The Balaban J connectivity index is 2.78. The molecule has 0 aliphatic carbocycles. The summed E-state index contributed by atoms with van der Waals surface area (Å²) >= 11 is 0. The third kappa shape index (κ3) is 5.80. The van der Waals surface area contributed by atoms with Crippen LogP contribution < -0.4 is 5.32 Å². The van der Waals surface area contributed by atoms with Crippen molar-refractivity contribution in [2.24, 2.45) is 0 Å². The number of allylic oxidation sites excluding steroid dienone is 3. The average Bonchev–Trinajstić information content (AvgIpc) is 2.72. The van der Waals surface area contributed by atoms with E-state index >= 15 is 0 Å². The number of nitro benzene ring substituents is 1. The van der Waals surface area contributed by atoms with Crippen molar-refractivity contribution in [2.45, 2.75) is 66.4 Å². The van der Waals surface area contributed by atoms with Crippen LogP contribution in [0.5, 0.6) is 0 Å². The summed E-state index contributed by atoms with van der Waals surface area (Å²) < 4.78 is 34.5. The molecule has 0 saturated carbocycles. The quantitative estimate of drug-likeness (QED) is 0.304. The lowest BCUT2D eigenvalue weighted by Crippen LogP contribution is -2.39. The zero-order valence-electron chi connectivity index (χ0n) is 20.0. The topological polar surface area (TPSA) is 119 Å². The standard InChI is InChI=1S/C23H33N3O6S/c1-7-9-13-25(8-2)33(30,31)22-17(6)24-16(5)20(23(27)32-15(3)4)21(22)18-11-10-12-19(14-18)26(28)29/h10-12,14-15,21,24H,7-9,13H2,1-6H3. The van der Waals surface area contributed by atoms with Gasteiger partial charge in [0.25, 0.3) is 5.69 Å². The number of esters is 1. The first kappa shape index (κ1) is 26.5. The van der Waals surface area contributed by atoms with E-state index in [1.54, 1.807) is 40.7 Å². The third-order valence-corrected chi connectivity index (χ3v) is 7.63. The smallest absolute Gasteiger partial charge is 0.337 e. The summed E-state index contributed by atoms with van der Waals surface area (Å²) in [5.74, 6) is -1.71. The lowest BCUT2D eigenvalue weighted by Gasteiger charge is -2.34. The van der Waals surface area contributed by atoms with E-state index in [-0.39, 0.29) is 22.7 Å². The molecule has 0 saturated heterocycles. The third-order valence-electron chi connectivity index (χ3n) is 5.41. The van der Waals surface area contributed by atoms with Gasteiger partial charge in [-0.25, -0.2) is 13.2 Å². The fourth-order valence-corrected chi connectivity index (χ4v) is 5.90. The van der Waals surface area contributed by atoms with Gasteiger partial charge in [-0.1, -0.05) is 32.4 Å². The Kier molecular flexibility index (Phi) is 8.79. The van der Waals surface area contributed by atoms with Gasteiger partial charge in [0, 0.05) is 36.6 Å². The monoisotopic (exact) mass is 479 g/mol. The van der Waals surface area contributed by atoms with Gasteiger partial charge >= 0.3 is 5.97 Å². The molecule has 182 valence electrons. The van der Waals surface area contributed by atoms with Crippen molar-refractivity contribution in [3.63, 3.8) is 0 Å². The number of nitrogens with one attached hydrogen (secondary N) is 1. The predicted molar refractivity (Wildman–Crippen MR) is 127 cm³/mol. The van der Waals surface area contributed by atoms with E-state index in [1.165, 1.54) is 22.5 Å². The van der Waals surface area contributed by atoms with Crippen molar-refractivity contribution in [1.29, 1.82) is 0 Å². The number of hydrogen-bond donors (Lipinski definition) is 1. The molecule has 10 heteroatoms. The van der Waals surface area contributed by atoms with Crippen LogP contribution in [0.2, 0.25) is 0 Å². The average molecular weight is 480 g/mol. The number of sulfonamides is 1. The highest BCUT2D eigenvalue weighted by Gasteiger charge is 2.42. The van der Waals surface area contributed by atoms with Crippen molar-refractivity contribution in [3.8, 4) is 0 Å². The maximum Gasteiger partial charge on any atom is 0.337 e. The molecule has 0 radical (unpaired) electrons. The highest BCUT2D eigenvalue weighted by Crippen LogP contribution is 2.43. The van der Waals surface area contributed by atoms with E-state index in [4.69, 9.17) is 4.74 Å². The van der Waals surface area contributed by atoms with Crippen LogP contribution in [-0.4, -0.2) is 42.8 Å². The molecule has 1 aromatic carbocycles. The zero-order chi connectivity index (χ0) is 24.9. The molecule has 1 N–H and O–H groups in total. The number of ether oxygens (including phenoxy) is 1. The van der Waals surface area contributed by atoms with Gasteiger partial charge < -0.3 is 10.1 Å². The molecular formula is C23H33N3O6S. The van der Waals surface area contributed by atoms with Gasteiger partial charge in [0.1, 0.15) is 0 Å². The highest BCUT2D eigenvalue weighted by atomic mass is 32.2. The molecule has 1 unspecified atom stereocenters. The lowest BCUT2D eigenvalue weighted by molar-refractivity contribution is -0.384.